The van der Waals surface area contributed by atoms with Gasteiger partial charge in [-0.15, -0.1) is 0 Å². The molecule has 1 aromatic rings. The maximum atomic E-state index is 14.0. The second kappa shape index (κ2) is 5.64. The smallest absolute Gasteiger partial charge is 0.168 e. The maximum absolute atomic E-state index is 14.0. The van der Waals surface area contributed by atoms with Gasteiger partial charge < -0.3 is 5.11 Å². The fourth-order valence-corrected chi connectivity index (χ4v) is 2.85. The number of aromatic hydroxyl groups is 1. The minimum absolute atomic E-state index is 0.332. The summed E-state index contributed by atoms with van der Waals surface area (Å²) in [5, 5.41) is 9.49. The first-order valence-corrected chi connectivity index (χ1v) is 7.91. The zero-order valence-electron chi connectivity index (χ0n) is 12.1. The van der Waals surface area contributed by atoms with Gasteiger partial charge in [-0.05, 0) is 58.6 Å². The number of fused-ring (bicyclic) bond motifs is 1. The summed E-state index contributed by atoms with van der Waals surface area (Å²) in [6, 6.07) is 3.02. The van der Waals surface area contributed by atoms with Crippen LogP contribution in [0.2, 0.25) is 0 Å². The van der Waals surface area contributed by atoms with E-state index in [0.29, 0.717) is 29.7 Å². The van der Waals surface area contributed by atoms with Crippen LogP contribution in [0.4, 0.5) is 4.39 Å². The molecule has 0 amide bonds. The van der Waals surface area contributed by atoms with E-state index in [-0.39, 0.29) is 5.75 Å². The summed E-state index contributed by atoms with van der Waals surface area (Å²) in [5.41, 5.74) is 1.87. The minimum atomic E-state index is -1.36. The van der Waals surface area contributed by atoms with Crippen molar-refractivity contribution >= 4 is 16.7 Å². The number of halogens is 1. The van der Waals surface area contributed by atoms with Crippen LogP contribution in [0.3, 0.4) is 0 Å². The molecule has 0 radical (unpaired) electrons. The van der Waals surface area contributed by atoms with Crippen molar-refractivity contribution in [1.82, 2.24) is 0 Å². The van der Waals surface area contributed by atoms with Gasteiger partial charge in [0.1, 0.15) is 11.0 Å². The van der Waals surface area contributed by atoms with Crippen LogP contribution in [-0.4, -0.2) is 19.8 Å². The molecule has 0 bridgehead atoms. The van der Waals surface area contributed by atoms with E-state index in [2.05, 4.69) is 4.40 Å². The van der Waals surface area contributed by atoms with E-state index >= 15 is 0 Å². The molecular weight excluding hydrogens is 277 g/mol. The van der Waals surface area contributed by atoms with Crippen LogP contribution < -0.4 is 0 Å². The molecule has 3 nitrogen and oxygen atoms in total. The highest BCUT2D eigenvalue weighted by molar-refractivity contribution is 7.85. The van der Waals surface area contributed by atoms with E-state index in [4.69, 9.17) is 0 Å². The van der Waals surface area contributed by atoms with Gasteiger partial charge in [-0.1, -0.05) is 0 Å². The Morgan fingerprint density at radius 1 is 1.25 bits per heavy atom. The summed E-state index contributed by atoms with van der Waals surface area (Å²) < 4.78 is 30.1. The van der Waals surface area contributed by atoms with Gasteiger partial charge in [-0.3, -0.25) is 0 Å². The van der Waals surface area contributed by atoms with Gasteiger partial charge in [0.2, 0.25) is 0 Å². The molecule has 20 heavy (non-hydrogen) atoms. The summed E-state index contributed by atoms with van der Waals surface area (Å²) in [6.45, 7) is 5.59. The van der Waals surface area contributed by atoms with Gasteiger partial charge in [-0.2, -0.15) is 4.40 Å². The molecular formula is C15H20FNO2S. The van der Waals surface area contributed by atoms with Crippen LogP contribution in [0, 0.1) is 5.82 Å². The van der Waals surface area contributed by atoms with Gasteiger partial charge in [-0.25, -0.2) is 8.60 Å². The predicted molar refractivity (Wildman–Crippen MR) is 80.1 cm³/mol. The van der Waals surface area contributed by atoms with E-state index in [1.165, 1.54) is 6.07 Å². The lowest BCUT2D eigenvalue weighted by Crippen LogP contribution is -2.21. The largest absolute Gasteiger partial charge is 0.505 e. The first-order valence-electron chi connectivity index (χ1n) is 6.81. The van der Waals surface area contributed by atoms with Crippen molar-refractivity contribution in [3.8, 4) is 5.75 Å². The third-order valence-corrected chi connectivity index (χ3v) is 4.77. The Morgan fingerprint density at radius 3 is 2.55 bits per heavy atom. The fourth-order valence-electron chi connectivity index (χ4n) is 2.18. The standard InChI is InChI=1S/C15H20FNO2S/c1-15(2,3)20(19)17-12-7-5-4-6-11-10(12)8-9-13(18)14(11)16/h8-9,18H,4-7H2,1-3H3. The van der Waals surface area contributed by atoms with Crippen molar-refractivity contribution in [2.24, 2.45) is 4.40 Å². The fraction of sp³-hybridized carbons (Fsp3) is 0.533. The molecule has 0 saturated carbocycles. The van der Waals surface area contributed by atoms with Crippen molar-refractivity contribution < 1.29 is 13.7 Å². The number of phenolic OH excluding ortho intramolecular Hbond substituents is 1. The summed E-state index contributed by atoms with van der Waals surface area (Å²) in [7, 11) is -1.36. The van der Waals surface area contributed by atoms with Crippen molar-refractivity contribution in [3.05, 3.63) is 29.1 Å². The summed E-state index contributed by atoms with van der Waals surface area (Å²) in [5.74, 6) is -0.902. The molecule has 2 rings (SSSR count). The number of phenols is 1. The van der Waals surface area contributed by atoms with Crippen LogP contribution >= 0.6 is 0 Å². The van der Waals surface area contributed by atoms with Crippen LogP contribution in [-0.2, 0) is 17.4 Å². The second-order valence-corrected chi connectivity index (χ2v) is 7.94. The van der Waals surface area contributed by atoms with Gasteiger partial charge in [0, 0.05) is 11.1 Å². The van der Waals surface area contributed by atoms with Crippen LogP contribution in [0.15, 0.2) is 16.5 Å². The molecule has 1 N–H and O–H groups in total. The highest BCUT2D eigenvalue weighted by Crippen LogP contribution is 2.29. The lowest BCUT2D eigenvalue weighted by molar-refractivity contribution is 0.428. The third kappa shape index (κ3) is 3.08. The highest BCUT2D eigenvalue weighted by Gasteiger charge is 2.23. The molecule has 1 aliphatic rings. The average molecular weight is 297 g/mol. The van der Waals surface area contributed by atoms with Crippen LogP contribution in [0.1, 0.15) is 51.2 Å². The van der Waals surface area contributed by atoms with E-state index in [1.54, 1.807) is 6.07 Å². The van der Waals surface area contributed by atoms with Crippen LogP contribution in [0.5, 0.6) is 5.75 Å². The Kier molecular flexibility index (Phi) is 4.28. The van der Waals surface area contributed by atoms with Gasteiger partial charge in [0.25, 0.3) is 0 Å². The summed E-state index contributed by atoms with van der Waals surface area (Å²) in [4.78, 5) is 0. The molecule has 1 aromatic carbocycles. The SMILES string of the molecule is CC(C)(C)S(=O)N=C1CCCCc2c1ccc(O)c2F. The number of nitrogens with zero attached hydrogens (tertiary/aromatic N) is 1. The first-order chi connectivity index (χ1) is 9.30. The van der Waals surface area contributed by atoms with Crippen LogP contribution in [0.25, 0.3) is 0 Å². The Labute approximate surface area is 121 Å². The van der Waals surface area contributed by atoms with E-state index in [1.807, 2.05) is 20.8 Å². The Bertz CT molecular complexity index is 576. The molecule has 110 valence electrons. The monoisotopic (exact) mass is 297 g/mol. The number of rotatable bonds is 1. The number of benzene rings is 1. The number of hydrogen-bond acceptors (Lipinski definition) is 2. The molecule has 0 heterocycles. The molecule has 0 spiro atoms. The Hall–Kier alpha value is -1.23. The Balaban J connectivity index is 2.51. The molecule has 1 aliphatic carbocycles. The second-order valence-electron chi connectivity index (χ2n) is 6.03. The average Bonchev–Trinajstić information content (AvgIpc) is 2.56. The maximum Gasteiger partial charge on any atom is 0.168 e. The molecule has 1 unspecified atom stereocenters. The quantitative estimate of drug-likeness (QED) is 0.806. The van der Waals surface area contributed by atoms with Crippen molar-refractivity contribution in [2.75, 3.05) is 0 Å². The summed E-state index contributed by atoms with van der Waals surface area (Å²) in [6.07, 6.45) is 3.00. The van der Waals surface area contributed by atoms with Crippen molar-refractivity contribution in [1.29, 1.82) is 0 Å². The Morgan fingerprint density at radius 2 is 1.90 bits per heavy atom. The van der Waals surface area contributed by atoms with Crippen molar-refractivity contribution in [3.63, 3.8) is 0 Å². The molecule has 5 heteroatoms. The van der Waals surface area contributed by atoms with Gasteiger partial charge >= 0.3 is 0 Å². The molecule has 1 atom stereocenters. The lowest BCUT2D eigenvalue weighted by Gasteiger charge is -2.16. The van der Waals surface area contributed by atoms with E-state index < -0.39 is 21.5 Å². The number of hydrogen-bond donors (Lipinski definition) is 1. The molecule has 0 aromatic heterocycles. The highest BCUT2D eigenvalue weighted by atomic mass is 32.2. The molecule has 0 saturated heterocycles. The summed E-state index contributed by atoms with van der Waals surface area (Å²) >= 11 is 0. The van der Waals surface area contributed by atoms with E-state index in [0.717, 1.165) is 12.8 Å². The zero-order valence-corrected chi connectivity index (χ0v) is 12.9. The van der Waals surface area contributed by atoms with Gasteiger partial charge in [0.05, 0.1) is 10.5 Å². The lowest BCUT2D eigenvalue weighted by atomic mass is 10.0. The van der Waals surface area contributed by atoms with E-state index in [9.17, 15) is 13.7 Å². The minimum Gasteiger partial charge on any atom is -0.505 e. The predicted octanol–water partition coefficient (Wildman–Crippen LogP) is 3.51. The zero-order chi connectivity index (χ0) is 14.9. The normalized spacial score (nSPS) is 19.5. The first kappa shape index (κ1) is 15.2. The van der Waals surface area contributed by atoms with Crippen molar-refractivity contribution in [2.45, 2.75) is 51.2 Å². The molecule has 0 aliphatic heterocycles. The molecule has 0 fully saturated rings. The van der Waals surface area contributed by atoms with Gasteiger partial charge in [0.15, 0.2) is 11.6 Å². The topological polar surface area (TPSA) is 49.7 Å². The third-order valence-electron chi connectivity index (χ3n) is 3.34.